The van der Waals surface area contributed by atoms with Gasteiger partial charge in [-0.15, -0.1) is 0 Å². The first-order valence-electron chi connectivity index (χ1n) is 6.67. The Morgan fingerprint density at radius 1 is 1.10 bits per heavy atom. The van der Waals surface area contributed by atoms with E-state index in [4.69, 9.17) is 0 Å². The maximum atomic E-state index is 4.24. The first-order chi connectivity index (χ1) is 9.80. The molecule has 20 heavy (non-hydrogen) atoms. The molecule has 2 aromatic carbocycles. The molecule has 102 valence electrons. The van der Waals surface area contributed by atoms with E-state index in [9.17, 15) is 0 Å². The van der Waals surface area contributed by atoms with Crippen LogP contribution in [-0.2, 0) is 6.42 Å². The summed E-state index contributed by atoms with van der Waals surface area (Å²) >= 11 is 0. The minimum Gasteiger partial charge on any atom is -0.270 e. The van der Waals surface area contributed by atoms with Gasteiger partial charge in [0.15, 0.2) is 0 Å². The number of aryl methyl sites for hydroxylation is 1. The summed E-state index contributed by atoms with van der Waals surface area (Å²) in [6.45, 7) is 5.61. The molecule has 3 nitrogen and oxygen atoms in total. The summed E-state index contributed by atoms with van der Waals surface area (Å²) in [5, 5.41) is 3.71. The highest BCUT2D eigenvalue weighted by atomic mass is 15.3. The quantitative estimate of drug-likeness (QED) is 0.513. The van der Waals surface area contributed by atoms with Crippen LogP contribution < -0.4 is 5.43 Å². The summed E-state index contributed by atoms with van der Waals surface area (Å²) in [6.07, 6.45) is 1.05. The molecule has 0 bridgehead atoms. The minimum absolute atomic E-state index is 0.718. The first-order valence-corrected chi connectivity index (χ1v) is 6.67. The van der Waals surface area contributed by atoms with Gasteiger partial charge in [0.1, 0.15) is 5.84 Å². The molecule has 2 rings (SSSR count). The zero-order valence-electron chi connectivity index (χ0n) is 11.9. The molecule has 0 atom stereocenters. The van der Waals surface area contributed by atoms with Gasteiger partial charge in [-0.25, -0.2) is 0 Å². The molecule has 0 amide bonds. The van der Waals surface area contributed by atoms with Gasteiger partial charge < -0.3 is 0 Å². The Hall–Kier alpha value is -2.42. The van der Waals surface area contributed by atoms with Crippen LogP contribution in [0.5, 0.6) is 0 Å². The lowest BCUT2D eigenvalue weighted by Crippen LogP contribution is -2.19. The van der Waals surface area contributed by atoms with E-state index in [1.807, 2.05) is 18.2 Å². The largest absolute Gasteiger partial charge is 0.270 e. The Labute approximate surface area is 120 Å². The van der Waals surface area contributed by atoms with Gasteiger partial charge in [0.25, 0.3) is 0 Å². The van der Waals surface area contributed by atoms with E-state index >= 15 is 0 Å². The van der Waals surface area contributed by atoms with Gasteiger partial charge in [-0.05, 0) is 23.1 Å². The fourth-order valence-electron chi connectivity index (χ4n) is 2.17. The number of hydrogen-bond acceptors (Lipinski definition) is 2. The number of rotatable bonds is 4. The summed E-state index contributed by atoms with van der Waals surface area (Å²) < 4.78 is 0. The predicted octanol–water partition coefficient (Wildman–Crippen LogP) is 3.50. The van der Waals surface area contributed by atoms with Crippen molar-refractivity contribution in [3.63, 3.8) is 0 Å². The highest BCUT2D eigenvalue weighted by Crippen LogP contribution is 2.24. The van der Waals surface area contributed by atoms with Crippen LogP contribution in [0.4, 0.5) is 0 Å². The molecule has 0 saturated heterocycles. The number of benzene rings is 2. The number of aliphatic imine (C=N–C) groups is 1. The molecule has 0 spiro atoms. The minimum atomic E-state index is 0.718. The van der Waals surface area contributed by atoms with Crippen LogP contribution in [0, 0.1) is 0 Å². The van der Waals surface area contributed by atoms with Crippen molar-refractivity contribution in [3.05, 3.63) is 59.7 Å². The summed E-state index contributed by atoms with van der Waals surface area (Å²) in [5.41, 5.74) is 7.50. The highest BCUT2D eigenvalue weighted by molar-refractivity contribution is 6.04. The molecule has 0 aliphatic carbocycles. The SMILES string of the molecule is C=NNC(=NC)c1ccccc1-c1ccc(CC)cc1. The second kappa shape index (κ2) is 6.66. The Kier molecular flexibility index (Phi) is 4.66. The van der Waals surface area contributed by atoms with Crippen LogP contribution in [0.1, 0.15) is 18.1 Å². The molecular weight excluding hydrogens is 246 g/mol. The predicted molar refractivity (Wildman–Crippen MR) is 86.4 cm³/mol. The fraction of sp³-hybridized carbons (Fsp3) is 0.176. The van der Waals surface area contributed by atoms with E-state index in [0.717, 1.165) is 23.4 Å². The zero-order valence-corrected chi connectivity index (χ0v) is 11.9. The Morgan fingerprint density at radius 2 is 1.80 bits per heavy atom. The van der Waals surface area contributed by atoms with Crippen molar-refractivity contribution in [1.82, 2.24) is 5.43 Å². The van der Waals surface area contributed by atoms with Gasteiger partial charge in [-0.1, -0.05) is 55.5 Å². The Morgan fingerprint density at radius 3 is 2.40 bits per heavy atom. The van der Waals surface area contributed by atoms with Crippen LogP contribution in [0.15, 0.2) is 58.6 Å². The third-order valence-corrected chi connectivity index (χ3v) is 3.26. The van der Waals surface area contributed by atoms with Crippen LogP contribution in [0.2, 0.25) is 0 Å². The lowest BCUT2D eigenvalue weighted by molar-refractivity contribution is 1.03. The monoisotopic (exact) mass is 265 g/mol. The average Bonchev–Trinajstić information content (AvgIpc) is 2.53. The number of hydrogen-bond donors (Lipinski definition) is 1. The Balaban J connectivity index is 2.48. The second-order valence-corrected chi connectivity index (χ2v) is 4.44. The smallest absolute Gasteiger partial charge is 0.149 e. The molecule has 0 heterocycles. The van der Waals surface area contributed by atoms with Crippen molar-refractivity contribution >= 4 is 12.6 Å². The number of nitrogens with one attached hydrogen (secondary N) is 1. The lowest BCUT2D eigenvalue weighted by Gasteiger charge is -2.11. The topological polar surface area (TPSA) is 36.8 Å². The van der Waals surface area contributed by atoms with Gasteiger partial charge in [-0.2, -0.15) is 5.10 Å². The summed E-state index contributed by atoms with van der Waals surface area (Å²) in [5.74, 6) is 0.718. The molecule has 0 aliphatic heterocycles. The number of nitrogens with zero attached hydrogens (tertiary/aromatic N) is 2. The van der Waals surface area contributed by atoms with E-state index in [1.54, 1.807) is 7.05 Å². The van der Waals surface area contributed by atoms with Crippen molar-refractivity contribution in [1.29, 1.82) is 0 Å². The molecule has 2 aromatic rings. The highest BCUT2D eigenvalue weighted by Gasteiger charge is 2.09. The van der Waals surface area contributed by atoms with Gasteiger partial charge in [0.2, 0.25) is 0 Å². The second-order valence-electron chi connectivity index (χ2n) is 4.44. The van der Waals surface area contributed by atoms with E-state index in [0.29, 0.717) is 0 Å². The third kappa shape index (κ3) is 2.94. The maximum absolute atomic E-state index is 4.24. The summed E-state index contributed by atoms with van der Waals surface area (Å²) in [6, 6.07) is 16.8. The summed E-state index contributed by atoms with van der Waals surface area (Å²) in [7, 11) is 1.74. The molecule has 0 aromatic heterocycles. The van der Waals surface area contributed by atoms with E-state index in [2.05, 4.69) is 59.5 Å². The van der Waals surface area contributed by atoms with Crippen molar-refractivity contribution in [2.24, 2.45) is 10.1 Å². The first kappa shape index (κ1) is 14.0. The van der Waals surface area contributed by atoms with Crippen LogP contribution in [0.25, 0.3) is 11.1 Å². The Bertz CT molecular complexity index is 612. The van der Waals surface area contributed by atoms with Gasteiger partial charge >= 0.3 is 0 Å². The molecule has 0 fully saturated rings. The number of hydrazone groups is 1. The van der Waals surface area contributed by atoms with Gasteiger partial charge in [0, 0.05) is 19.3 Å². The molecular formula is C17H19N3. The van der Waals surface area contributed by atoms with E-state index in [-0.39, 0.29) is 0 Å². The fourth-order valence-corrected chi connectivity index (χ4v) is 2.17. The standard InChI is InChI=1S/C17H19N3/c1-4-13-9-11-14(12-10-13)15-7-5-6-8-16(15)17(18-2)20-19-3/h5-12H,3-4H2,1-2H3,(H,18,20). The van der Waals surface area contributed by atoms with Crippen molar-refractivity contribution in [3.8, 4) is 11.1 Å². The zero-order chi connectivity index (χ0) is 14.4. The normalized spacial score (nSPS) is 11.2. The molecule has 0 saturated carbocycles. The van der Waals surface area contributed by atoms with Gasteiger partial charge in [0.05, 0.1) is 0 Å². The van der Waals surface area contributed by atoms with Crippen LogP contribution in [0.3, 0.4) is 0 Å². The molecule has 0 unspecified atom stereocenters. The number of amidine groups is 1. The maximum Gasteiger partial charge on any atom is 0.149 e. The average molecular weight is 265 g/mol. The van der Waals surface area contributed by atoms with Crippen molar-refractivity contribution in [2.45, 2.75) is 13.3 Å². The molecule has 1 N–H and O–H groups in total. The molecule has 3 heteroatoms. The lowest BCUT2D eigenvalue weighted by atomic mass is 9.97. The summed E-state index contributed by atoms with van der Waals surface area (Å²) in [4.78, 5) is 4.24. The molecule has 0 radical (unpaired) electrons. The van der Waals surface area contributed by atoms with Crippen LogP contribution in [-0.4, -0.2) is 19.6 Å². The van der Waals surface area contributed by atoms with Crippen LogP contribution >= 0.6 is 0 Å². The van der Waals surface area contributed by atoms with E-state index < -0.39 is 0 Å². The molecule has 0 aliphatic rings. The van der Waals surface area contributed by atoms with Crippen molar-refractivity contribution in [2.75, 3.05) is 7.05 Å². The van der Waals surface area contributed by atoms with Crippen molar-refractivity contribution < 1.29 is 0 Å². The van der Waals surface area contributed by atoms with E-state index in [1.165, 1.54) is 11.1 Å². The van der Waals surface area contributed by atoms with Gasteiger partial charge in [-0.3, -0.25) is 10.4 Å². The third-order valence-electron chi connectivity index (χ3n) is 3.26.